The summed E-state index contributed by atoms with van der Waals surface area (Å²) >= 11 is 0. The summed E-state index contributed by atoms with van der Waals surface area (Å²) in [4.78, 5) is 11.1. The van der Waals surface area contributed by atoms with Gasteiger partial charge in [0.2, 0.25) is 5.91 Å². The second-order valence-corrected chi connectivity index (χ2v) is 5.17. The summed E-state index contributed by atoms with van der Waals surface area (Å²) < 4.78 is 19.6. The van der Waals surface area contributed by atoms with E-state index in [2.05, 4.69) is 5.32 Å². The first-order valence-corrected chi connectivity index (χ1v) is 6.99. The number of halogens is 1. The van der Waals surface area contributed by atoms with E-state index < -0.39 is 0 Å². The van der Waals surface area contributed by atoms with Crippen LogP contribution in [-0.2, 0) is 17.6 Å². The first-order valence-electron chi connectivity index (χ1n) is 6.99. The van der Waals surface area contributed by atoms with E-state index in [9.17, 15) is 9.18 Å². The third-order valence-electron chi connectivity index (χ3n) is 3.57. The molecule has 0 fully saturated rings. The molecule has 2 aromatic carbocycles. The van der Waals surface area contributed by atoms with Crippen molar-refractivity contribution in [1.29, 1.82) is 0 Å². The molecule has 0 atom stereocenters. The minimum Gasteiger partial charge on any atom is -0.457 e. The number of fused-ring (bicyclic) bond motifs is 1. The Balaban J connectivity index is 1.88. The number of carbonyl (C=O) groups is 1. The zero-order valence-electron chi connectivity index (χ0n) is 11.8. The Morgan fingerprint density at radius 3 is 2.81 bits per heavy atom. The predicted octanol–water partition coefficient (Wildman–Crippen LogP) is 4.07. The van der Waals surface area contributed by atoms with Crippen LogP contribution >= 0.6 is 0 Å². The highest BCUT2D eigenvalue weighted by atomic mass is 19.1. The van der Waals surface area contributed by atoms with Crippen molar-refractivity contribution in [3.63, 3.8) is 0 Å². The van der Waals surface area contributed by atoms with Crippen molar-refractivity contribution in [2.24, 2.45) is 0 Å². The molecule has 1 amide bonds. The lowest BCUT2D eigenvalue weighted by Crippen LogP contribution is -2.05. The zero-order chi connectivity index (χ0) is 14.8. The highest BCUT2D eigenvalue weighted by Gasteiger charge is 2.20. The first-order chi connectivity index (χ1) is 10.1. The van der Waals surface area contributed by atoms with Crippen LogP contribution in [0.4, 0.5) is 10.1 Å². The Kier molecular flexibility index (Phi) is 3.60. The van der Waals surface area contributed by atoms with Crippen molar-refractivity contribution in [3.8, 4) is 11.5 Å². The first kappa shape index (κ1) is 13.6. The molecule has 0 saturated carbocycles. The number of benzene rings is 2. The summed E-state index contributed by atoms with van der Waals surface area (Å²) in [6, 6.07) is 10.3. The van der Waals surface area contributed by atoms with Gasteiger partial charge in [-0.3, -0.25) is 4.79 Å². The van der Waals surface area contributed by atoms with Gasteiger partial charge in [0.25, 0.3) is 0 Å². The predicted molar refractivity (Wildman–Crippen MR) is 79.2 cm³/mol. The van der Waals surface area contributed by atoms with Crippen molar-refractivity contribution in [2.75, 3.05) is 5.32 Å². The van der Waals surface area contributed by atoms with E-state index in [-0.39, 0.29) is 11.7 Å². The molecule has 0 aliphatic heterocycles. The molecule has 4 heteroatoms. The number of hydrogen-bond acceptors (Lipinski definition) is 2. The molecule has 21 heavy (non-hydrogen) atoms. The van der Waals surface area contributed by atoms with E-state index in [0.29, 0.717) is 17.2 Å². The summed E-state index contributed by atoms with van der Waals surface area (Å²) in [5.41, 5.74) is 2.41. The number of ether oxygens (including phenoxy) is 1. The van der Waals surface area contributed by atoms with E-state index >= 15 is 0 Å². The van der Waals surface area contributed by atoms with Crippen LogP contribution in [0.3, 0.4) is 0 Å². The van der Waals surface area contributed by atoms with Crippen molar-refractivity contribution >= 4 is 11.6 Å². The van der Waals surface area contributed by atoms with Gasteiger partial charge < -0.3 is 10.1 Å². The minimum absolute atomic E-state index is 0.130. The average molecular weight is 285 g/mol. The fourth-order valence-electron chi connectivity index (χ4n) is 2.69. The number of anilines is 1. The Labute approximate surface area is 122 Å². The van der Waals surface area contributed by atoms with Crippen molar-refractivity contribution in [1.82, 2.24) is 0 Å². The van der Waals surface area contributed by atoms with Gasteiger partial charge in [-0.25, -0.2) is 4.39 Å². The molecule has 0 saturated heterocycles. The fraction of sp³-hybridized carbons (Fsp3) is 0.235. The number of amides is 1. The van der Waals surface area contributed by atoms with Crippen LogP contribution in [0, 0.1) is 5.82 Å². The second kappa shape index (κ2) is 5.56. The smallest absolute Gasteiger partial charge is 0.221 e. The molecule has 0 aromatic heterocycles. The molecule has 0 heterocycles. The van der Waals surface area contributed by atoms with Gasteiger partial charge in [-0.15, -0.1) is 0 Å². The molecule has 0 radical (unpaired) electrons. The summed E-state index contributed by atoms with van der Waals surface area (Å²) in [5, 5.41) is 2.71. The zero-order valence-corrected chi connectivity index (χ0v) is 11.8. The molecular formula is C17H16FNO2. The second-order valence-electron chi connectivity index (χ2n) is 5.17. The molecule has 108 valence electrons. The van der Waals surface area contributed by atoms with Crippen molar-refractivity contribution in [2.45, 2.75) is 26.2 Å². The van der Waals surface area contributed by atoms with Gasteiger partial charge in [0, 0.05) is 24.2 Å². The Bertz CT molecular complexity index is 697. The third kappa shape index (κ3) is 2.89. The highest BCUT2D eigenvalue weighted by Crippen LogP contribution is 2.35. The largest absolute Gasteiger partial charge is 0.457 e. The molecule has 3 rings (SSSR count). The number of rotatable bonds is 3. The van der Waals surface area contributed by atoms with Crippen LogP contribution in [0.2, 0.25) is 0 Å². The minimum atomic E-state index is -0.151. The molecule has 1 aliphatic rings. The average Bonchev–Trinajstić information content (AvgIpc) is 2.92. The molecule has 3 nitrogen and oxygen atoms in total. The maximum Gasteiger partial charge on any atom is 0.221 e. The molecule has 1 N–H and O–H groups in total. The molecular weight excluding hydrogens is 269 g/mol. The standard InChI is InChI=1S/C17H16FNO2/c1-11(20)19-12-4-2-5-13(10-12)21-17-9-8-16(18)14-6-3-7-15(14)17/h2,4-5,8-10H,3,6-7H2,1H3,(H,19,20). The molecule has 1 aliphatic carbocycles. The Hall–Kier alpha value is -2.36. The van der Waals surface area contributed by atoms with Crippen LogP contribution < -0.4 is 10.1 Å². The molecule has 2 aromatic rings. The van der Waals surface area contributed by atoms with E-state index in [1.165, 1.54) is 13.0 Å². The van der Waals surface area contributed by atoms with E-state index in [0.717, 1.165) is 30.4 Å². The summed E-state index contributed by atoms with van der Waals surface area (Å²) in [5.74, 6) is 1.04. The third-order valence-corrected chi connectivity index (χ3v) is 3.57. The quantitative estimate of drug-likeness (QED) is 0.923. The molecule has 0 unspecified atom stereocenters. The Morgan fingerprint density at radius 1 is 1.19 bits per heavy atom. The lowest BCUT2D eigenvalue weighted by atomic mass is 10.1. The van der Waals surface area contributed by atoms with E-state index in [1.54, 1.807) is 18.2 Å². The van der Waals surface area contributed by atoms with Crippen molar-refractivity contribution in [3.05, 3.63) is 53.3 Å². The summed E-state index contributed by atoms with van der Waals surface area (Å²) in [6.45, 7) is 1.46. The normalized spacial score (nSPS) is 12.9. The van der Waals surface area contributed by atoms with E-state index in [4.69, 9.17) is 4.74 Å². The van der Waals surface area contributed by atoms with E-state index in [1.807, 2.05) is 12.1 Å². The summed E-state index contributed by atoms with van der Waals surface area (Å²) in [7, 11) is 0. The SMILES string of the molecule is CC(=O)Nc1cccc(Oc2ccc(F)c3c2CCC3)c1. The van der Waals surface area contributed by atoms with Gasteiger partial charge in [0.05, 0.1) is 0 Å². The monoisotopic (exact) mass is 285 g/mol. The van der Waals surface area contributed by atoms with Gasteiger partial charge in [-0.05, 0) is 49.1 Å². The maximum atomic E-state index is 13.7. The number of carbonyl (C=O) groups excluding carboxylic acids is 1. The van der Waals surface area contributed by atoms with Gasteiger partial charge >= 0.3 is 0 Å². The number of hydrogen-bond donors (Lipinski definition) is 1. The highest BCUT2D eigenvalue weighted by molar-refractivity contribution is 5.88. The van der Waals surface area contributed by atoms with Gasteiger partial charge in [0.1, 0.15) is 17.3 Å². The van der Waals surface area contributed by atoms with Gasteiger partial charge in [-0.1, -0.05) is 6.07 Å². The lowest BCUT2D eigenvalue weighted by Gasteiger charge is -2.12. The molecule has 0 spiro atoms. The topological polar surface area (TPSA) is 38.3 Å². The van der Waals surface area contributed by atoms with Gasteiger partial charge in [0.15, 0.2) is 0 Å². The fourth-order valence-corrected chi connectivity index (χ4v) is 2.69. The lowest BCUT2D eigenvalue weighted by molar-refractivity contribution is -0.114. The summed E-state index contributed by atoms with van der Waals surface area (Å²) in [6.07, 6.45) is 2.57. The Morgan fingerprint density at radius 2 is 2.00 bits per heavy atom. The van der Waals surface area contributed by atoms with Crippen LogP contribution in [-0.4, -0.2) is 5.91 Å². The molecule has 0 bridgehead atoms. The maximum absolute atomic E-state index is 13.7. The number of nitrogens with one attached hydrogen (secondary N) is 1. The van der Waals surface area contributed by atoms with Crippen LogP contribution in [0.1, 0.15) is 24.5 Å². The van der Waals surface area contributed by atoms with Gasteiger partial charge in [-0.2, -0.15) is 0 Å². The van der Waals surface area contributed by atoms with Crippen LogP contribution in [0.25, 0.3) is 0 Å². The van der Waals surface area contributed by atoms with Crippen molar-refractivity contribution < 1.29 is 13.9 Å². The van der Waals surface area contributed by atoms with Crippen LogP contribution in [0.5, 0.6) is 11.5 Å². The van der Waals surface area contributed by atoms with Crippen LogP contribution in [0.15, 0.2) is 36.4 Å².